The first-order valence-corrected chi connectivity index (χ1v) is 6.86. The Morgan fingerprint density at radius 1 is 1.27 bits per heavy atom. The van der Waals surface area contributed by atoms with Gasteiger partial charge in [0.05, 0.1) is 17.9 Å². The van der Waals surface area contributed by atoms with Crippen LogP contribution in [0.1, 0.15) is 28.4 Å². The maximum atomic E-state index is 11.1. The highest BCUT2D eigenvalue weighted by molar-refractivity contribution is 5.92. The minimum absolute atomic E-state index is 0.0140. The monoisotopic (exact) mass is 299 g/mol. The topological polar surface area (TPSA) is 79.1 Å². The predicted octanol–water partition coefficient (Wildman–Crippen LogP) is 3.55. The Balaban J connectivity index is 2.35. The standard InChI is InChI=1S/C17H17NO4/c1-3-22-15-9-4-6-12(16(15)19)10-18-14-8-5-7-13(11(14)2)17(20)21/h4-10,19H,3H2,1-2H3,(H,20,21). The Kier molecular flexibility index (Phi) is 4.78. The van der Waals surface area contributed by atoms with Gasteiger partial charge < -0.3 is 14.9 Å². The lowest BCUT2D eigenvalue weighted by Crippen LogP contribution is -1.99. The molecule has 114 valence electrons. The van der Waals surface area contributed by atoms with E-state index in [2.05, 4.69) is 4.99 Å². The van der Waals surface area contributed by atoms with Crippen molar-refractivity contribution in [3.05, 3.63) is 53.1 Å². The smallest absolute Gasteiger partial charge is 0.336 e. The van der Waals surface area contributed by atoms with Crippen LogP contribution < -0.4 is 4.74 Å². The molecule has 0 amide bonds. The first kappa shape index (κ1) is 15.6. The van der Waals surface area contributed by atoms with Gasteiger partial charge >= 0.3 is 5.97 Å². The summed E-state index contributed by atoms with van der Waals surface area (Å²) in [5.41, 5.74) is 1.83. The Labute approximate surface area is 128 Å². The number of rotatable bonds is 5. The van der Waals surface area contributed by atoms with E-state index in [1.807, 2.05) is 6.92 Å². The average Bonchev–Trinajstić information content (AvgIpc) is 2.49. The molecule has 22 heavy (non-hydrogen) atoms. The number of carboxylic acids is 1. The molecule has 0 saturated heterocycles. The first-order valence-electron chi connectivity index (χ1n) is 6.86. The molecule has 0 spiro atoms. The van der Waals surface area contributed by atoms with E-state index in [1.54, 1.807) is 37.3 Å². The van der Waals surface area contributed by atoms with Gasteiger partial charge in [0.1, 0.15) is 0 Å². The molecule has 5 nitrogen and oxygen atoms in total. The van der Waals surface area contributed by atoms with Crippen LogP contribution in [0.3, 0.4) is 0 Å². The number of carbonyl (C=O) groups is 1. The van der Waals surface area contributed by atoms with E-state index >= 15 is 0 Å². The summed E-state index contributed by atoms with van der Waals surface area (Å²) in [6.45, 7) is 3.99. The van der Waals surface area contributed by atoms with Crippen molar-refractivity contribution in [1.82, 2.24) is 0 Å². The van der Waals surface area contributed by atoms with E-state index in [0.717, 1.165) is 0 Å². The van der Waals surface area contributed by atoms with Crippen LogP contribution >= 0.6 is 0 Å². The fourth-order valence-corrected chi connectivity index (χ4v) is 2.05. The van der Waals surface area contributed by atoms with E-state index in [1.165, 1.54) is 12.3 Å². The normalized spacial score (nSPS) is 10.8. The number of para-hydroxylation sites is 1. The molecule has 0 aliphatic rings. The number of hydrogen-bond acceptors (Lipinski definition) is 4. The van der Waals surface area contributed by atoms with Crippen molar-refractivity contribution in [3.8, 4) is 11.5 Å². The molecular formula is C17H17NO4. The zero-order chi connectivity index (χ0) is 16.1. The van der Waals surface area contributed by atoms with Gasteiger partial charge in [0.15, 0.2) is 11.5 Å². The predicted molar refractivity (Wildman–Crippen MR) is 84.7 cm³/mol. The van der Waals surface area contributed by atoms with Crippen LogP contribution in [0.2, 0.25) is 0 Å². The van der Waals surface area contributed by atoms with E-state index in [4.69, 9.17) is 9.84 Å². The van der Waals surface area contributed by atoms with E-state index in [9.17, 15) is 9.90 Å². The maximum Gasteiger partial charge on any atom is 0.336 e. The summed E-state index contributed by atoms with van der Waals surface area (Å²) >= 11 is 0. The molecule has 0 aliphatic heterocycles. The molecule has 2 aromatic rings. The fraction of sp³-hybridized carbons (Fsp3) is 0.176. The third-order valence-electron chi connectivity index (χ3n) is 3.21. The van der Waals surface area contributed by atoms with Crippen LogP contribution in [0, 0.1) is 6.92 Å². The molecule has 0 bridgehead atoms. The van der Waals surface area contributed by atoms with Crippen LogP contribution in [-0.4, -0.2) is 29.0 Å². The number of aromatic carboxylic acids is 1. The molecule has 0 fully saturated rings. The minimum atomic E-state index is -0.990. The number of aliphatic imine (C=N–C) groups is 1. The molecule has 0 saturated carbocycles. The number of nitrogens with zero attached hydrogens (tertiary/aromatic N) is 1. The number of hydrogen-bond donors (Lipinski definition) is 2. The molecule has 0 aromatic heterocycles. The van der Waals surface area contributed by atoms with E-state index in [0.29, 0.717) is 29.2 Å². The lowest BCUT2D eigenvalue weighted by Gasteiger charge is -2.07. The van der Waals surface area contributed by atoms with Crippen molar-refractivity contribution in [3.63, 3.8) is 0 Å². The third-order valence-corrected chi connectivity index (χ3v) is 3.21. The van der Waals surface area contributed by atoms with E-state index in [-0.39, 0.29) is 11.3 Å². The molecule has 0 aliphatic carbocycles. The Morgan fingerprint density at radius 2 is 2.00 bits per heavy atom. The second-order valence-corrected chi connectivity index (χ2v) is 4.64. The molecule has 0 atom stereocenters. The molecule has 2 N–H and O–H groups in total. The second kappa shape index (κ2) is 6.76. The van der Waals surface area contributed by atoms with Crippen molar-refractivity contribution in [2.75, 3.05) is 6.61 Å². The number of aromatic hydroxyl groups is 1. The highest BCUT2D eigenvalue weighted by Gasteiger charge is 2.10. The SMILES string of the molecule is CCOc1cccc(C=Nc2cccc(C(=O)O)c2C)c1O. The van der Waals surface area contributed by atoms with Crippen molar-refractivity contribution in [2.24, 2.45) is 4.99 Å². The van der Waals surface area contributed by atoms with Crippen molar-refractivity contribution < 1.29 is 19.7 Å². The van der Waals surface area contributed by atoms with Gasteiger partial charge in [0.25, 0.3) is 0 Å². The molecule has 5 heteroatoms. The van der Waals surface area contributed by atoms with Gasteiger partial charge in [-0.25, -0.2) is 4.79 Å². The van der Waals surface area contributed by atoms with Gasteiger partial charge in [-0.3, -0.25) is 4.99 Å². The molecule has 0 unspecified atom stereocenters. The summed E-state index contributed by atoms with van der Waals surface area (Å²) < 4.78 is 5.31. The van der Waals surface area contributed by atoms with Crippen LogP contribution in [0.5, 0.6) is 11.5 Å². The number of carboxylic acid groups (broad SMARTS) is 1. The lowest BCUT2D eigenvalue weighted by molar-refractivity contribution is 0.0696. The Hall–Kier alpha value is -2.82. The number of ether oxygens (including phenoxy) is 1. The van der Waals surface area contributed by atoms with Gasteiger partial charge in [0, 0.05) is 11.8 Å². The summed E-state index contributed by atoms with van der Waals surface area (Å²) in [4.78, 5) is 15.4. The lowest BCUT2D eigenvalue weighted by atomic mass is 10.1. The highest BCUT2D eigenvalue weighted by Crippen LogP contribution is 2.29. The Bertz CT molecular complexity index is 723. The summed E-state index contributed by atoms with van der Waals surface area (Å²) in [6, 6.07) is 10.0. The molecule has 0 radical (unpaired) electrons. The average molecular weight is 299 g/mol. The summed E-state index contributed by atoms with van der Waals surface area (Å²) in [5, 5.41) is 19.2. The summed E-state index contributed by atoms with van der Waals surface area (Å²) in [5.74, 6) is -0.585. The van der Waals surface area contributed by atoms with Crippen LogP contribution in [0.15, 0.2) is 41.4 Å². The van der Waals surface area contributed by atoms with Gasteiger partial charge in [-0.05, 0) is 43.7 Å². The highest BCUT2D eigenvalue weighted by atomic mass is 16.5. The Morgan fingerprint density at radius 3 is 2.68 bits per heavy atom. The van der Waals surface area contributed by atoms with Crippen LogP contribution in [0.4, 0.5) is 5.69 Å². The number of benzene rings is 2. The molecule has 2 rings (SSSR count). The number of phenolic OH excluding ortho intramolecular Hbond substituents is 1. The van der Waals surface area contributed by atoms with Gasteiger partial charge in [-0.15, -0.1) is 0 Å². The molecule has 2 aromatic carbocycles. The van der Waals surface area contributed by atoms with Gasteiger partial charge in [0.2, 0.25) is 0 Å². The maximum absolute atomic E-state index is 11.1. The van der Waals surface area contributed by atoms with Crippen molar-refractivity contribution in [2.45, 2.75) is 13.8 Å². The third kappa shape index (κ3) is 3.25. The number of phenols is 1. The fourth-order valence-electron chi connectivity index (χ4n) is 2.05. The van der Waals surface area contributed by atoms with Gasteiger partial charge in [-0.1, -0.05) is 12.1 Å². The summed E-state index contributed by atoms with van der Waals surface area (Å²) in [6.07, 6.45) is 1.49. The van der Waals surface area contributed by atoms with Crippen molar-refractivity contribution in [1.29, 1.82) is 0 Å². The first-order chi connectivity index (χ1) is 10.5. The molecular weight excluding hydrogens is 282 g/mol. The van der Waals surface area contributed by atoms with Crippen LogP contribution in [-0.2, 0) is 0 Å². The quantitative estimate of drug-likeness (QED) is 0.827. The largest absolute Gasteiger partial charge is 0.504 e. The van der Waals surface area contributed by atoms with Crippen LogP contribution in [0.25, 0.3) is 0 Å². The minimum Gasteiger partial charge on any atom is -0.504 e. The molecule has 0 heterocycles. The van der Waals surface area contributed by atoms with E-state index < -0.39 is 5.97 Å². The summed E-state index contributed by atoms with van der Waals surface area (Å²) in [7, 11) is 0. The zero-order valence-corrected chi connectivity index (χ0v) is 12.4. The second-order valence-electron chi connectivity index (χ2n) is 4.64. The zero-order valence-electron chi connectivity index (χ0n) is 12.4. The van der Waals surface area contributed by atoms with Crippen molar-refractivity contribution >= 4 is 17.9 Å². The van der Waals surface area contributed by atoms with Gasteiger partial charge in [-0.2, -0.15) is 0 Å².